The first-order chi connectivity index (χ1) is 28.8. The minimum absolute atomic E-state index is 0.146. The van der Waals surface area contributed by atoms with Crippen LogP contribution in [0.5, 0.6) is 23.0 Å². The summed E-state index contributed by atoms with van der Waals surface area (Å²) in [5, 5.41) is 7.34. The zero-order valence-corrected chi connectivity index (χ0v) is 33.3. The van der Waals surface area contributed by atoms with Crippen LogP contribution in [-0.2, 0) is 14.4 Å². The molecule has 304 valence electrons. The number of hydrogen-bond donors (Lipinski definition) is 3. The number of nitrogens with zero attached hydrogens (tertiary/aromatic N) is 2. The molecule has 4 aromatic carbocycles. The van der Waals surface area contributed by atoms with Gasteiger partial charge in [0.05, 0.1) is 32.0 Å². The van der Waals surface area contributed by atoms with Gasteiger partial charge < -0.3 is 34.6 Å². The second-order valence-corrected chi connectivity index (χ2v) is 15.3. The minimum atomic E-state index is -1.25. The largest absolute Gasteiger partial charge is 0.497 e. The topological polar surface area (TPSA) is 140 Å². The van der Waals surface area contributed by atoms with Gasteiger partial charge in [0.25, 0.3) is 5.91 Å². The molecule has 3 amide bonds. The van der Waals surface area contributed by atoms with Crippen LogP contribution in [0.15, 0.2) is 121 Å². The first-order valence-corrected chi connectivity index (χ1v) is 20.3. The molecule has 12 nitrogen and oxygen atoms in total. The molecule has 8 rings (SSSR count). The number of benzene rings is 4. The standard InChI is InChI=1S/C47H49N5O7/c1-56-35-21-14-18-33(25-35)48-39-22-13-5-3-4-10-17-32-29-47(32,46(55)51-59-34-19-11-7-12-20-34)50-44(53)42-27-37(30-52(42)45(39)54)58-43-28-40(31-15-8-6-9-16-31)49-41-26-36(57-2)23-24-38(41)43/h6-12,14-21,23-26,28,32,37,39,42,48H,3-5,13,22,27,29-30H2,1-2H3,(H,50,53)(H,51,55)/t32-,37-,39+,42+,47-/m1/s1. The van der Waals surface area contributed by atoms with Crippen LogP contribution in [0.4, 0.5) is 5.69 Å². The molecular formula is C47H49N5O7. The van der Waals surface area contributed by atoms with Gasteiger partial charge in [0.2, 0.25) is 11.8 Å². The number of amides is 3. The average molecular weight is 796 g/mol. The van der Waals surface area contributed by atoms with Gasteiger partial charge in [-0.25, -0.2) is 4.98 Å². The van der Waals surface area contributed by atoms with Gasteiger partial charge in [-0.15, -0.1) is 0 Å². The quantitative estimate of drug-likeness (QED) is 0.0985. The van der Waals surface area contributed by atoms with E-state index in [1.807, 2.05) is 103 Å². The van der Waals surface area contributed by atoms with E-state index in [2.05, 4.69) is 22.2 Å². The summed E-state index contributed by atoms with van der Waals surface area (Å²) in [6, 6.07) is 32.2. The molecule has 1 aliphatic carbocycles. The summed E-state index contributed by atoms with van der Waals surface area (Å²) in [5.74, 6) is 1.01. The normalized spacial score (nSPS) is 23.1. The van der Waals surface area contributed by atoms with Crippen molar-refractivity contribution in [2.24, 2.45) is 5.92 Å². The first-order valence-electron chi connectivity index (χ1n) is 20.3. The van der Waals surface area contributed by atoms with Crippen LogP contribution in [-0.4, -0.2) is 72.1 Å². The monoisotopic (exact) mass is 795 g/mol. The molecule has 0 spiro atoms. The SMILES string of the molecule is COc1cccc(N[C@H]2CCCCCC=C[C@@H]3C[C@@]3(C(=O)NOc3ccccc3)NC(=O)[C@@H]3C[C@@H](Oc4cc(-c5ccccc5)nc5cc(OC)ccc45)CN3C2=O)c1. The number of pyridine rings is 1. The number of carbonyl (C=O) groups is 3. The summed E-state index contributed by atoms with van der Waals surface area (Å²) in [5.41, 5.74) is 4.38. The van der Waals surface area contributed by atoms with Crippen molar-refractivity contribution in [3.05, 3.63) is 121 Å². The Morgan fingerprint density at radius 1 is 0.847 bits per heavy atom. The number of anilines is 1. The molecule has 3 aliphatic rings. The summed E-state index contributed by atoms with van der Waals surface area (Å²) in [6.07, 6.45) is 8.14. The van der Waals surface area contributed by atoms with Crippen molar-refractivity contribution < 1.29 is 33.4 Å². The number of nitrogens with one attached hydrogen (secondary N) is 3. The lowest BCUT2D eigenvalue weighted by molar-refractivity contribution is -0.141. The van der Waals surface area contributed by atoms with Gasteiger partial charge in [-0.2, -0.15) is 5.48 Å². The number of rotatable bonds is 10. The van der Waals surface area contributed by atoms with Crippen LogP contribution in [0, 0.1) is 5.92 Å². The van der Waals surface area contributed by atoms with E-state index in [-0.39, 0.29) is 24.8 Å². The number of aromatic nitrogens is 1. The molecule has 59 heavy (non-hydrogen) atoms. The van der Waals surface area contributed by atoms with Crippen LogP contribution in [0.3, 0.4) is 0 Å². The van der Waals surface area contributed by atoms with Gasteiger partial charge in [0.1, 0.15) is 41.0 Å². The van der Waals surface area contributed by atoms with Gasteiger partial charge >= 0.3 is 0 Å². The lowest BCUT2D eigenvalue weighted by atomic mass is 10.0. The molecule has 0 unspecified atom stereocenters. The van der Waals surface area contributed by atoms with Crippen molar-refractivity contribution in [2.75, 3.05) is 26.1 Å². The van der Waals surface area contributed by atoms with E-state index in [4.69, 9.17) is 24.0 Å². The Morgan fingerprint density at radius 2 is 1.61 bits per heavy atom. The van der Waals surface area contributed by atoms with E-state index in [9.17, 15) is 14.4 Å². The Labute approximate surface area is 343 Å². The maximum atomic E-state index is 14.9. The highest BCUT2D eigenvalue weighted by Gasteiger charge is 2.61. The highest BCUT2D eigenvalue weighted by Crippen LogP contribution is 2.46. The van der Waals surface area contributed by atoms with Crippen molar-refractivity contribution in [1.29, 1.82) is 0 Å². The summed E-state index contributed by atoms with van der Waals surface area (Å²) in [6.45, 7) is 0.146. The van der Waals surface area contributed by atoms with Crippen LogP contribution < -0.4 is 35.2 Å². The lowest BCUT2D eigenvalue weighted by Gasteiger charge is -2.30. The molecule has 5 atom stereocenters. The maximum absolute atomic E-state index is 14.9. The van der Waals surface area contributed by atoms with Gasteiger partial charge in [-0.3, -0.25) is 14.4 Å². The summed E-state index contributed by atoms with van der Waals surface area (Å²) in [4.78, 5) is 55.8. The third-order valence-electron chi connectivity index (χ3n) is 11.4. The predicted octanol–water partition coefficient (Wildman–Crippen LogP) is 7.25. The van der Waals surface area contributed by atoms with Gasteiger partial charge in [-0.05, 0) is 62.1 Å². The molecule has 1 saturated heterocycles. The third-order valence-corrected chi connectivity index (χ3v) is 11.4. The van der Waals surface area contributed by atoms with Crippen LogP contribution in [0.1, 0.15) is 44.9 Å². The Hall–Kier alpha value is -6.56. The number of fused-ring (bicyclic) bond motifs is 3. The van der Waals surface area contributed by atoms with Crippen LogP contribution >= 0.6 is 0 Å². The zero-order chi connectivity index (χ0) is 40.8. The number of ether oxygens (including phenoxy) is 3. The van der Waals surface area contributed by atoms with E-state index < -0.39 is 35.5 Å². The number of para-hydroxylation sites is 1. The second kappa shape index (κ2) is 17.5. The number of carbonyl (C=O) groups excluding carboxylic acids is 3. The van der Waals surface area contributed by atoms with Crippen LogP contribution in [0.2, 0.25) is 0 Å². The minimum Gasteiger partial charge on any atom is -0.497 e. The maximum Gasteiger partial charge on any atom is 0.278 e. The Morgan fingerprint density at radius 3 is 2.41 bits per heavy atom. The van der Waals surface area contributed by atoms with Gasteiger partial charge in [0.15, 0.2) is 5.75 Å². The van der Waals surface area contributed by atoms with Crippen molar-refractivity contribution in [2.45, 2.75) is 68.7 Å². The molecule has 5 aromatic rings. The number of methoxy groups -OCH3 is 2. The van der Waals surface area contributed by atoms with E-state index >= 15 is 0 Å². The molecule has 2 fully saturated rings. The zero-order valence-electron chi connectivity index (χ0n) is 33.3. The molecule has 1 saturated carbocycles. The molecule has 12 heteroatoms. The van der Waals surface area contributed by atoms with E-state index in [0.29, 0.717) is 47.1 Å². The molecular weight excluding hydrogens is 747 g/mol. The summed E-state index contributed by atoms with van der Waals surface area (Å²) < 4.78 is 17.8. The molecule has 2 aliphatic heterocycles. The van der Waals surface area contributed by atoms with Crippen molar-refractivity contribution in [3.8, 4) is 34.3 Å². The highest BCUT2D eigenvalue weighted by atomic mass is 16.7. The van der Waals surface area contributed by atoms with E-state index in [1.165, 1.54) is 0 Å². The van der Waals surface area contributed by atoms with E-state index in [0.717, 1.165) is 42.3 Å². The van der Waals surface area contributed by atoms with Gasteiger partial charge in [0, 0.05) is 47.2 Å². The van der Waals surface area contributed by atoms with Crippen LogP contribution in [0.25, 0.3) is 22.2 Å². The molecule has 3 heterocycles. The fourth-order valence-corrected chi connectivity index (χ4v) is 8.10. The number of hydrogen-bond acceptors (Lipinski definition) is 9. The summed E-state index contributed by atoms with van der Waals surface area (Å²) in [7, 11) is 3.22. The highest BCUT2D eigenvalue weighted by molar-refractivity contribution is 5.98. The molecule has 3 N–H and O–H groups in total. The average Bonchev–Trinajstić information content (AvgIpc) is 3.80. The van der Waals surface area contributed by atoms with Crippen molar-refractivity contribution >= 4 is 34.3 Å². The Balaban J connectivity index is 1.13. The van der Waals surface area contributed by atoms with Crippen molar-refractivity contribution in [3.63, 3.8) is 0 Å². The molecule has 1 aromatic heterocycles. The lowest BCUT2D eigenvalue weighted by Crippen LogP contribution is -2.57. The first kappa shape index (κ1) is 39.3. The second-order valence-electron chi connectivity index (χ2n) is 15.3. The molecule has 0 bridgehead atoms. The fourth-order valence-electron chi connectivity index (χ4n) is 8.10. The Bertz CT molecular complexity index is 2320. The third kappa shape index (κ3) is 8.81. The number of allylic oxidation sites excluding steroid dienone is 1. The predicted molar refractivity (Wildman–Crippen MR) is 225 cm³/mol. The number of hydroxylamine groups is 1. The van der Waals surface area contributed by atoms with Gasteiger partial charge in [-0.1, -0.05) is 79.6 Å². The fraction of sp³-hybridized carbons (Fsp3) is 0.319. The molecule has 0 radical (unpaired) electrons. The van der Waals surface area contributed by atoms with Crippen molar-refractivity contribution in [1.82, 2.24) is 20.7 Å². The Kier molecular flexibility index (Phi) is 11.7. The smallest absolute Gasteiger partial charge is 0.278 e. The van der Waals surface area contributed by atoms with E-state index in [1.54, 1.807) is 31.3 Å². The summed E-state index contributed by atoms with van der Waals surface area (Å²) >= 11 is 0.